The first-order chi connectivity index (χ1) is 8.69. The highest BCUT2D eigenvalue weighted by Gasteiger charge is 2.06. The lowest BCUT2D eigenvalue weighted by molar-refractivity contribution is 0.622. The van der Waals surface area contributed by atoms with Gasteiger partial charge in [0.05, 0.1) is 28.2 Å². The molecular weight excluding hydrogens is 249 g/mol. The van der Waals surface area contributed by atoms with Crippen LogP contribution in [0.2, 0.25) is 0 Å². The highest BCUT2D eigenvalue weighted by molar-refractivity contribution is 7.84. The number of benzene rings is 2. The fraction of sp³-hybridized carbons (Fsp3) is 0.0714. The topological polar surface area (TPSA) is 40.9 Å². The Morgan fingerprint density at radius 2 is 1.89 bits per heavy atom. The highest BCUT2D eigenvalue weighted by atomic mass is 32.2. The number of hydrogen-bond acceptors (Lipinski definition) is 2. The second-order valence-electron chi connectivity index (χ2n) is 3.76. The van der Waals surface area contributed by atoms with Crippen molar-refractivity contribution in [2.75, 3.05) is 0 Å². The van der Waals surface area contributed by atoms with Gasteiger partial charge in [0.1, 0.15) is 5.82 Å². The molecule has 1 unspecified atom stereocenters. The molecule has 18 heavy (non-hydrogen) atoms. The summed E-state index contributed by atoms with van der Waals surface area (Å²) in [5.74, 6) is -0.0736. The third-order valence-corrected chi connectivity index (χ3v) is 3.82. The molecule has 0 aliphatic rings. The molecule has 2 nitrogen and oxygen atoms in total. The molecule has 0 N–H and O–H groups in total. The van der Waals surface area contributed by atoms with Crippen LogP contribution in [0, 0.1) is 17.1 Å². The first kappa shape index (κ1) is 12.5. The van der Waals surface area contributed by atoms with Crippen LogP contribution < -0.4 is 0 Å². The third-order valence-electron chi connectivity index (χ3n) is 2.44. The van der Waals surface area contributed by atoms with Crippen molar-refractivity contribution in [2.24, 2.45) is 0 Å². The van der Waals surface area contributed by atoms with Gasteiger partial charge >= 0.3 is 0 Å². The molecule has 0 radical (unpaired) electrons. The molecule has 0 aromatic heterocycles. The monoisotopic (exact) mass is 259 g/mol. The average Bonchev–Trinajstić information content (AvgIpc) is 2.39. The molecule has 0 saturated heterocycles. The van der Waals surface area contributed by atoms with E-state index in [0.29, 0.717) is 16.2 Å². The van der Waals surface area contributed by atoms with Gasteiger partial charge < -0.3 is 0 Å². The number of rotatable bonds is 3. The van der Waals surface area contributed by atoms with Crippen molar-refractivity contribution in [2.45, 2.75) is 10.6 Å². The lowest BCUT2D eigenvalue weighted by Crippen LogP contribution is -1.97. The van der Waals surface area contributed by atoms with Gasteiger partial charge in [-0.1, -0.05) is 18.2 Å². The molecule has 0 saturated carbocycles. The molecule has 90 valence electrons. The summed E-state index contributed by atoms with van der Waals surface area (Å²) in [5, 5.41) is 8.67. The summed E-state index contributed by atoms with van der Waals surface area (Å²) in [6, 6.07) is 14.7. The van der Waals surface area contributed by atoms with Crippen molar-refractivity contribution in [1.82, 2.24) is 0 Å². The van der Waals surface area contributed by atoms with Crippen LogP contribution in [0.15, 0.2) is 53.4 Å². The second-order valence-corrected chi connectivity index (χ2v) is 5.21. The van der Waals surface area contributed by atoms with Crippen LogP contribution in [0.5, 0.6) is 0 Å². The van der Waals surface area contributed by atoms with Crippen LogP contribution in [0.1, 0.15) is 11.1 Å². The molecule has 0 amide bonds. The van der Waals surface area contributed by atoms with Crippen LogP contribution in [0.3, 0.4) is 0 Å². The Balaban J connectivity index is 2.14. The van der Waals surface area contributed by atoms with Crippen molar-refractivity contribution < 1.29 is 8.60 Å². The number of hydrogen-bond donors (Lipinski definition) is 0. The Bertz CT molecular complexity index is 616. The van der Waals surface area contributed by atoms with E-state index in [-0.39, 0.29) is 5.82 Å². The van der Waals surface area contributed by atoms with E-state index in [9.17, 15) is 8.60 Å². The summed E-state index contributed by atoms with van der Waals surface area (Å²) in [5.41, 5.74) is 1.42. The average molecular weight is 259 g/mol. The van der Waals surface area contributed by atoms with Gasteiger partial charge in [-0.3, -0.25) is 4.21 Å². The van der Waals surface area contributed by atoms with Crippen molar-refractivity contribution >= 4 is 10.8 Å². The Labute approximate surface area is 107 Å². The fourth-order valence-electron chi connectivity index (χ4n) is 1.52. The first-order valence-corrected chi connectivity index (χ1v) is 6.64. The molecule has 0 aliphatic heterocycles. The summed E-state index contributed by atoms with van der Waals surface area (Å²) >= 11 is 0. The summed E-state index contributed by atoms with van der Waals surface area (Å²) in [7, 11) is -1.28. The van der Waals surface area contributed by atoms with Crippen LogP contribution in [0.25, 0.3) is 0 Å². The smallest absolute Gasteiger partial charge is 0.124 e. The van der Waals surface area contributed by atoms with E-state index in [1.807, 2.05) is 6.07 Å². The quantitative estimate of drug-likeness (QED) is 0.850. The van der Waals surface area contributed by atoms with Crippen LogP contribution >= 0.6 is 0 Å². The Kier molecular flexibility index (Phi) is 3.85. The maximum atomic E-state index is 13.0. The zero-order valence-corrected chi connectivity index (χ0v) is 10.3. The van der Waals surface area contributed by atoms with Gasteiger partial charge in [0.25, 0.3) is 0 Å². The van der Waals surface area contributed by atoms with Crippen molar-refractivity contribution in [3.05, 3.63) is 65.5 Å². The standard InChI is InChI=1S/C14H10FNOS/c15-13-2-1-3-14(8-13)18(17)10-12-6-4-11(9-16)5-7-12/h1-8H,10H2. The first-order valence-electron chi connectivity index (χ1n) is 5.32. The van der Waals surface area contributed by atoms with Gasteiger partial charge in [-0.25, -0.2) is 4.39 Å². The number of nitriles is 1. The normalized spacial score (nSPS) is 11.8. The summed E-state index contributed by atoms with van der Waals surface area (Å²) in [6.45, 7) is 0. The summed E-state index contributed by atoms with van der Waals surface area (Å²) < 4.78 is 25.0. The molecule has 1 atom stereocenters. The van der Waals surface area contributed by atoms with E-state index in [1.54, 1.807) is 36.4 Å². The van der Waals surface area contributed by atoms with Gasteiger partial charge in [-0.15, -0.1) is 0 Å². The molecule has 2 aromatic carbocycles. The Hall–Kier alpha value is -1.99. The van der Waals surface area contributed by atoms with E-state index in [1.165, 1.54) is 12.1 Å². The number of nitrogens with zero attached hydrogens (tertiary/aromatic N) is 1. The Morgan fingerprint density at radius 1 is 1.17 bits per heavy atom. The van der Waals surface area contributed by atoms with Gasteiger partial charge in [0, 0.05) is 4.90 Å². The van der Waals surface area contributed by atoms with Gasteiger partial charge in [-0.05, 0) is 35.9 Å². The van der Waals surface area contributed by atoms with Gasteiger partial charge in [0.15, 0.2) is 0 Å². The van der Waals surface area contributed by atoms with E-state index >= 15 is 0 Å². The molecule has 2 aromatic rings. The van der Waals surface area contributed by atoms with Crippen LogP contribution in [0.4, 0.5) is 4.39 Å². The Morgan fingerprint density at radius 3 is 2.50 bits per heavy atom. The van der Waals surface area contributed by atoms with Crippen LogP contribution in [-0.4, -0.2) is 4.21 Å². The van der Waals surface area contributed by atoms with Crippen molar-refractivity contribution in [3.8, 4) is 6.07 Å². The molecule has 0 aliphatic carbocycles. The fourth-order valence-corrected chi connectivity index (χ4v) is 2.66. The lowest BCUT2D eigenvalue weighted by atomic mass is 10.2. The predicted octanol–water partition coefficient (Wildman–Crippen LogP) is 3.01. The third kappa shape index (κ3) is 3.02. The van der Waals surface area contributed by atoms with E-state index in [2.05, 4.69) is 0 Å². The molecule has 4 heteroatoms. The predicted molar refractivity (Wildman–Crippen MR) is 67.7 cm³/mol. The van der Waals surface area contributed by atoms with Crippen molar-refractivity contribution in [1.29, 1.82) is 5.26 Å². The molecule has 0 fully saturated rings. The summed E-state index contributed by atoms with van der Waals surface area (Å²) in [6.07, 6.45) is 0. The second kappa shape index (κ2) is 5.56. The zero-order chi connectivity index (χ0) is 13.0. The lowest BCUT2D eigenvalue weighted by Gasteiger charge is -2.03. The van der Waals surface area contributed by atoms with Gasteiger partial charge in [0.2, 0.25) is 0 Å². The molecular formula is C14H10FNOS. The maximum Gasteiger partial charge on any atom is 0.124 e. The molecule has 0 heterocycles. The van der Waals surface area contributed by atoms with Gasteiger partial charge in [-0.2, -0.15) is 5.26 Å². The molecule has 0 bridgehead atoms. The van der Waals surface area contributed by atoms with E-state index in [4.69, 9.17) is 5.26 Å². The zero-order valence-electron chi connectivity index (χ0n) is 9.47. The number of halogens is 1. The largest absolute Gasteiger partial charge is 0.254 e. The van der Waals surface area contributed by atoms with Crippen LogP contribution in [-0.2, 0) is 16.6 Å². The molecule has 0 spiro atoms. The SMILES string of the molecule is N#Cc1ccc(CS(=O)c2cccc(F)c2)cc1. The minimum Gasteiger partial charge on any atom is -0.254 e. The molecule has 2 rings (SSSR count). The van der Waals surface area contributed by atoms with E-state index < -0.39 is 10.8 Å². The maximum absolute atomic E-state index is 13.0. The minimum absolute atomic E-state index is 0.315. The van der Waals surface area contributed by atoms with Crippen molar-refractivity contribution in [3.63, 3.8) is 0 Å². The van der Waals surface area contributed by atoms with E-state index in [0.717, 1.165) is 5.56 Å². The highest BCUT2D eigenvalue weighted by Crippen LogP contribution is 2.14. The summed E-state index contributed by atoms with van der Waals surface area (Å²) in [4.78, 5) is 0.472. The minimum atomic E-state index is -1.28.